The van der Waals surface area contributed by atoms with Crippen molar-refractivity contribution in [2.45, 2.75) is 37.6 Å². The fourth-order valence-electron chi connectivity index (χ4n) is 3.52. The minimum Gasteiger partial charge on any atom is -0.465 e. The average Bonchev–Trinajstić information content (AvgIpc) is 3.42. The van der Waals surface area contributed by atoms with E-state index in [1.54, 1.807) is 0 Å². The summed E-state index contributed by atoms with van der Waals surface area (Å²) in [4.78, 5) is 25.0. The predicted octanol–water partition coefficient (Wildman–Crippen LogP) is 2.49. The van der Waals surface area contributed by atoms with Crippen LogP contribution in [0.4, 0.5) is 10.6 Å². The number of pyridine rings is 1. The molecule has 1 aliphatic heterocycles. The lowest BCUT2D eigenvalue weighted by molar-refractivity contribution is 0.126. The summed E-state index contributed by atoms with van der Waals surface area (Å²) in [6.07, 6.45) is 5.50. The predicted molar refractivity (Wildman–Crippen MR) is 103 cm³/mol. The summed E-state index contributed by atoms with van der Waals surface area (Å²) in [7, 11) is 0. The number of carbonyl (C=O) groups is 1. The van der Waals surface area contributed by atoms with Crippen molar-refractivity contribution in [1.29, 1.82) is 0 Å². The number of piperidine rings is 1. The molecule has 0 radical (unpaired) electrons. The summed E-state index contributed by atoms with van der Waals surface area (Å²) < 4.78 is 0. The molecule has 1 saturated heterocycles. The van der Waals surface area contributed by atoms with E-state index in [2.05, 4.69) is 25.6 Å². The van der Waals surface area contributed by atoms with Crippen LogP contribution in [0.25, 0.3) is 11.5 Å². The maximum atomic E-state index is 11.1. The number of nitrogens with zero attached hydrogens (tertiary/aromatic N) is 3. The first-order valence-electron chi connectivity index (χ1n) is 9.66. The molecular formula is C19H26N6O2. The molecule has 8 nitrogen and oxygen atoms in total. The fourth-order valence-corrected chi connectivity index (χ4v) is 3.52. The topological polar surface area (TPSA) is 106 Å². The summed E-state index contributed by atoms with van der Waals surface area (Å²) in [5, 5.41) is 15.9. The maximum absolute atomic E-state index is 11.1. The molecule has 1 atom stereocenters. The van der Waals surface area contributed by atoms with Gasteiger partial charge < -0.3 is 25.6 Å². The van der Waals surface area contributed by atoms with Gasteiger partial charge in [0.25, 0.3) is 0 Å². The van der Waals surface area contributed by atoms with Gasteiger partial charge in [0.2, 0.25) is 0 Å². The number of amides is 1. The van der Waals surface area contributed by atoms with Crippen molar-refractivity contribution in [2.24, 2.45) is 0 Å². The molecule has 27 heavy (non-hydrogen) atoms. The number of likely N-dealkylation sites (tertiary alicyclic amines) is 1. The molecule has 4 rings (SSSR count). The summed E-state index contributed by atoms with van der Waals surface area (Å²) in [6.45, 7) is 2.69. The molecule has 4 N–H and O–H groups in total. The Balaban J connectivity index is 1.25. The van der Waals surface area contributed by atoms with E-state index in [1.165, 1.54) is 23.4 Å². The van der Waals surface area contributed by atoms with Crippen LogP contribution in [0.15, 0.2) is 24.4 Å². The number of anilines is 1. The van der Waals surface area contributed by atoms with Gasteiger partial charge in [-0.3, -0.25) is 0 Å². The summed E-state index contributed by atoms with van der Waals surface area (Å²) in [6, 6.07) is 6.10. The zero-order valence-corrected chi connectivity index (χ0v) is 15.3. The third-order valence-electron chi connectivity index (χ3n) is 5.16. The molecule has 3 heterocycles. The van der Waals surface area contributed by atoms with E-state index in [0.29, 0.717) is 19.0 Å². The summed E-state index contributed by atoms with van der Waals surface area (Å²) in [5.41, 5.74) is 2.04. The minimum absolute atomic E-state index is 0.222. The molecule has 1 aliphatic carbocycles. The molecule has 144 valence electrons. The van der Waals surface area contributed by atoms with Crippen LogP contribution in [-0.2, 0) is 0 Å². The van der Waals surface area contributed by atoms with Crippen molar-refractivity contribution in [3.8, 4) is 11.5 Å². The van der Waals surface area contributed by atoms with Gasteiger partial charge >= 0.3 is 6.09 Å². The van der Waals surface area contributed by atoms with Gasteiger partial charge in [0.15, 0.2) is 5.82 Å². The molecule has 0 spiro atoms. The lowest BCUT2D eigenvalue weighted by Gasteiger charge is -2.31. The van der Waals surface area contributed by atoms with Gasteiger partial charge in [-0.05, 0) is 37.8 Å². The highest BCUT2D eigenvalue weighted by Crippen LogP contribution is 2.39. The highest BCUT2D eigenvalue weighted by Gasteiger charge is 2.25. The van der Waals surface area contributed by atoms with Gasteiger partial charge in [-0.2, -0.15) is 0 Å². The van der Waals surface area contributed by atoms with Crippen LogP contribution in [0.5, 0.6) is 0 Å². The van der Waals surface area contributed by atoms with Crippen LogP contribution in [0.1, 0.15) is 37.3 Å². The van der Waals surface area contributed by atoms with Crippen molar-refractivity contribution in [2.75, 3.05) is 31.5 Å². The van der Waals surface area contributed by atoms with E-state index in [0.717, 1.165) is 43.3 Å². The number of aromatic amines is 1. The molecule has 2 aromatic heterocycles. The van der Waals surface area contributed by atoms with Crippen LogP contribution in [0.3, 0.4) is 0 Å². The Morgan fingerprint density at radius 1 is 1.30 bits per heavy atom. The Morgan fingerprint density at radius 2 is 2.19 bits per heavy atom. The first-order chi connectivity index (χ1) is 13.2. The molecule has 2 aliphatic rings. The zero-order chi connectivity index (χ0) is 18.6. The second-order valence-electron chi connectivity index (χ2n) is 7.32. The Hall–Kier alpha value is -2.61. The van der Waals surface area contributed by atoms with E-state index in [4.69, 9.17) is 5.11 Å². The van der Waals surface area contributed by atoms with Gasteiger partial charge in [-0.1, -0.05) is 6.07 Å². The van der Waals surface area contributed by atoms with Crippen LogP contribution >= 0.6 is 0 Å². The Kier molecular flexibility index (Phi) is 5.24. The van der Waals surface area contributed by atoms with E-state index in [9.17, 15) is 4.79 Å². The largest absolute Gasteiger partial charge is 0.465 e. The van der Waals surface area contributed by atoms with Crippen LogP contribution in [-0.4, -0.2) is 63.3 Å². The van der Waals surface area contributed by atoms with E-state index in [-0.39, 0.29) is 6.04 Å². The second-order valence-corrected chi connectivity index (χ2v) is 7.32. The average molecular weight is 370 g/mol. The minimum atomic E-state index is -0.830. The molecule has 8 heteroatoms. The number of imidazole rings is 1. The Bertz CT molecular complexity index is 788. The SMILES string of the molecule is O=C(O)N1CCCC(NCCNc2cccc(-c3ncc(C4CC4)[nH]3)n2)C1. The van der Waals surface area contributed by atoms with E-state index >= 15 is 0 Å². The second kappa shape index (κ2) is 7.96. The van der Waals surface area contributed by atoms with Crippen LogP contribution in [0, 0.1) is 0 Å². The monoisotopic (exact) mass is 370 g/mol. The van der Waals surface area contributed by atoms with E-state index < -0.39 is 6.09 Å². The van der Waals surface area contributed by atoms with Crippen molar-refractivity contribution in [1.82, 2.24) is 25.2 Å². The molecule has 1 saturated carbocycles. The number of H-pyrrole nitrogens is 1. The highest BCUT2D eigenvalue weighted by atomic mass is 16.4. The number of hydrogen-bond donors (Lipinski definition) is 4. The van der Waals surface area contributed by atoms with Crippen molar-refractivity contribution in [3.63, 3.8) is 0 Å². The third kappa shape index (κ3) is 4.57. The lowest BCUT2D eigenvalue weighted by atomic mass is 10.1. The molecule has 0 bridgehead atoms. The van der Waals surface area contributed by atoms with Crippen LogP contribution < -0.4 is 10.6 Å². The number of nitrogens with one attached hydrogen (secondary N) is 3. The molecule has 2 fully saturated rings. The maximum Gasteiger partial charge on any atom is 0.407 e. The van der Waals surface area contributed by atoms with Gasteiger partial charge in [0.05, 0.1) is 0 Å². The van der Waals surface area contributed by atoms with Gasteiger partial charge in [-0.25, -0.2) is 14.8 Å². The highest BCUT2D eigenvalue weighted by molar-refractivity contribution is 5.65. The fraction of sp³-hybridized carbons (Fsp3) is 0.526. The Labute approximate surface area is 158 Å². The van der Waals surface area contributed by atoms with Crippen molar-refractivity contribution in [3.05, 3.63) is 30.1 Å². The number of hydrogen-bond acceptors (Lipinski definition) is 5. The van der Waals surface area contributed by atoms with Crippen molar-refractivity contribution < 1.29 is 9.90 Å². The van der Waals surface area contributed by atoms with Crippen LogP contribution in [0.2, 0.25) is 0 Å². The number of carboxylic acid groups (broad SMARTS) is 1. The number of aromatic nitrogens is 3. The summed E-state index contributed by atoms with van der Waals surface area (Å²) >= 11 is 0. The first kappa shape index (κ1) is 17.8. The normalized spacial score (nSPS) is 19.9. The quantitative estimate of drug-likeness (QED) is 0.558. The smallest absolute Gasteiger partial charge is 0.407 e. The zero-order valence-electron chi connectivity index (χ0n) is 15.3. The third-order valence-corrected chi connectivity index (χ3v) is 5.16. The molecular weight excluding hydrogens is 344 g/mol. The van der Waals surface area contributed by atoms with Gasteiger partial charge in [-0.15, -0.1) is 0 Å². The lowest BCUT2D eigenvalue weighted by Crippen LogP contribution is -2.48. The van der Waals surface area contributed by atoms with Gasteiger partial charge in [0.1, 0.15) is 11.5 Å². The molecule has 1 unspecified atom stereocenters. The molecule has 2 aromatic rings. The van der Waals surface area contributed by atoms with Crippen molar-refractivity contribution >= 4 is 11.9 Å². The van der Waals surface area contributed by atoms with Gasteiger partial charge in [0, 0.05) is 50.0 Å². The van der Waals surface area contributed by atoms with E-state index in [1.807, 2.05) is 24.4 Å². The molecule has 1 amide bonds. The summed E-state index contributed by atoms with van der Waals surface area (Å²) in [5.74, 6) is 2.28. The standard InChI is InChI=1S/C19H26N6O2/c26-19(27)25-10-2-3-14(12-25)20-8-9-21-17-5-1-4-15(23-17)18-22-11-16(24-18)13-6-7-13/h1,4-5,11,13-14,20H,2-3,6-10,12H2,(H,21,23)(H,22,24)(H,26,27). The first-order valence-corrected chi connectivity index (χ1v) is 9.66. The Morgan fingerprint density at radius 3 is 3.00 bits per heavy atom. The number of rotatable bonds is 7. The molecule has 0 aromatic carbocycles.